The molecule has 142 valence electrons. The van der Waals surface area contributed by atoms with Gasteiger partial charge in [0.2, 0.25) is 0 Å². The summed E-state index contributed by atoms with van der Waals surface area (Å²) in [4.78, 5) is 3.93. The van der Waals surface area contributed by atoms with Crippen molar-refractivity contribution < 1.29 is 21.2 Å². The van der Waals surface area contributed by atoms with Crippen LogP contribution in [0.1, 0.15) is 23.5 Å². The summed E-state index contributed by atoms with van der Waals surface area (Å²) in [7, 11) is 7.81. The number of benzene rings is 2. The standard InChI is InChI=1S/C20H24N2O2.2H2O/c1-21(2)15-5-7-17(19(23)11-15)13-9-14(10-13)18-8-6-16(22(3)4)12-20(18)24;;/h5-9,11-13,23-24H,10H2,1-4H3;2*1H2. The molecule has 0 radical (unpaired) electrons. The molecule has 3 rings (SSSR count). The van der Waals surface area contributed by atoms with Gasteiger partial charge in [0.15, 0.2) is 0 Å². The van der Waals surface area contributed by atoms with E-state index >= 15 is 0 Å². The van der Waals surface area contributed by atoms with Crippen LogP contribution in [0.4, 0.5) is 11.4 Å². The van der Waals surface area contributed by atoms with E-state index in [2.05, 4.69) is 6.08 Å². The van der Waals surface area contributed by atoms with Gasteiger partial charge in [-0.15, -0.1) is 0 Å². The molecule has 0 bridgehead atoms. The third kappa shape index (κ3) is 3.92. The Morgan fingerprint density at radius 3 is 1.77 bits per heavy atom. The molecule has 0 heterocycles. The molecule has 0 fully saturated rings. The molecule has 2 aromatic rings. The van der Waals surface area contributed by atoms with Crippen molar-refractivity contribution >= 4 is 16.9 Å². The van der Waals surface area contributed by atoms with E-state index in [1.54, 1.807) is 12.1 Å². The minimum Gasteiger partial charge on any atom is -0.508 e. The van der Waals surface area contributed by atoms with E-state index in [-0.39, 0.29) is 16.9 Å². The van der Waals surface area contributed by atoms with Crippen LogP contribution in [0.3, 0.4) is 0 Å². The molecule has 0 saturated heterocycles. The molecule has 1 aliphatic rings. The van der Waals surface area contributed by atoms with E-state index in [1.165, 1.54) is 0 Å². The van der Waals surface area contributed by atoms with Gasteiger partial charge in [-0.1, -0.05) is 12.1 Å². The van der Waals surface area contributed by atoms with E-state index in [0.717, 1.165) is 34.5 Å². The van der Waals surface area contributed by atoms with E-state index in [4.69, 9.17) is 0 Å². The molecule has 2 aromatic carbocycles. The molecule has 0 aromatic heterocycles. The summed E-state index contributed by atoms with van der Waals surface area (Å²) in [6.45, 7) is 0. The van der Waals surface area contributed by atoms with Crippen LogP contribution in [-0.4, -0.2) is 49.4 Å². The van der Waals surface area contributed by atoms with Gasteiger partial charge in [0, 0.05) is 68.7 Å². The Labute approximate surface area is 154 Å². The lowest BCUT2D eigenvalue weighted by Gasteiger charge is -2.28. The first kappa shape index (κ1) is 21.3. The molecular weight excluding hydrogens is 332 g/mol. The Hall–Kier alpha value is -2.70. The van der Waals surface area contributed by atoms with Crippen LogP contribution >= 0.6 is 0 Å². The third-order valence-corrected chi connectivity index (χ3v) is 4.62. The van der Waals surface area contributed by atoms with Gasteiger partial charge in [-0.2, -0.15) is 0 Å². The number of rotatable bonds is 4. The number of phenolic OH excluding ortho intramolecular Hbond substituents is 2. The molecule has 1 atom stereocenters. The van der Waals surface area contributed by atoms with Gasteiger partial charge < -0.3 is 31.0 Å². The monoisotopic (exact) mass is 360 g/mol. The van der Waals surface area contributed by atoms with E-state index in [0.29, 0.717) is 11.5 Å². The van der Waals surface area contributed by atoms with Gasteiger partial charge in [-0.25, -0.2) is 0 Å². The Morgan fingerprint density at radius 1 is 0.808 bits per heavy atom. The zero-order valence-electron chi connectivity index (χ0n) is 15.6. The average molecular weight is 360 g/mol. The lowest BCUT2D eigenvalue weighted by Crippen LogP contribution is -2.11. The quantitative estimate of drug-likeness (QED) is 0.870. The van der Waals surface area contributed by atoms with Gasteiger partial charge in [0.25, 0.3) is 0 Å². The smallest absolute Gasteiger partial charge is 0.125 e. The first-order chi connectivity index (χ1) is 11.4. The van der Waals surface area contributed by atoms with Gasteiger partial charge in [0.05, 0.1) is 0 Å². The highest BCUT2D eigenvalue weighted by Crippen LogP contribution is 2.46. The fourth-order valence-corrected chi connectivity index (χ4v) is 3.04. The SMILES string of the molecule is CN(C)c1ccc(C2=CC(c3ccc(N(C)C)cc3O)C2)c(O)c1.O.O. The molecule has 6 N–H and O–H groups in total. The van der Waals surface area contributed by atoms with Crippen LogP contribution in [0.5, 0.6) is 11.5 Å². The van der Waals surface area contributed by atoms with E-state index < -0.39 is 0 Å². The Morgan fingerprint density at radius 2 is 1.31 bits per heavy atom. The van der Waals surface area contributed by atoms with Crippen LogP contribution in [-0.2, 0) is 0 Å². The first-order valence-corrected chi connectivity index (χ1v) is 8.08. The average Bonchev–Trinajstić information content (AvgIpc) is 2.48. The summed E-state index contributed by atoms with van der Waals surface area (Å²) in [5.41, 5.74) is 4.90. The zero-order valence-corrected chi connectivity index (χ0v) is 15.6. The zero-order chi connectivity index (χ0) is 17.4. The van der Waals surface area contributed by atoms with E-state index in [9.17, 15) is 10.2 Å². The Kier molecular flexibility index (Phi) is 6.66. The first-order valence-electron chi connectivity index (χ1n) is 8.08. The van der Waals surface area contributed by atoms with Crippen molar-refractivity contribution in [3.05, 3.63) is 53.6 Å². The predicted molar refractivity (Wildman–Crippen MR) is 107 cm³/mol. The van der Waals surface area contributed by atoms with Crippen LogP contribution in [0.25, 0.3) is 5.57 Å². The molecular formula is C20H28N2O4. The van der Waals surface area contributed by atoms with Crippen molar-refractivity contribution in [2.24, 2.45) is 0 Å². The Bertz CT molecular complexity index is 800. The Balaban J connectivity index is 0.00000169. The second-order valence-corrected chi connectivity index (χ2v) is 6.74. The number of nitrogens with zero attached hydrogens (tertiary/aromatic N) is 2. The topological polar surface area (TPSA) is 110 Å². The summed E-state index contributed by atoms with van der Waals surface area (Å²) in [6.07, 6.45) is 2.94. The lowest BCUT2D eigenvalue weighted by atomic mass is 9.78. The van der Waals surface area contributed by atoms with Gasteiger partial charge in [-0.05, 0) is 30.2 Å². The number of hydrogen-bond acceptors (Lipinski definition) is 4. The van der Waals surface area contributed by atoms with Crippen LogP contribution < -0.4 is 9.80 Å². The predicted octanol–water partition coefficient (Wildman–Crippen LogP) is 2.15. The highest BCUT2D eigenvalue weighted by Gasteiger charge is 2.26. The van der Waals surface area contributed by atoms with E-state index in [1.807, 2.05) is 62.3 Å². The van der Waals surface area contributed by atoms with Crippen LogP contribution in [0.2, 0.25) is 0 Å². The summed E-state index contributed by atoms with van der Waals surface area (Å²) in [5, 5.41) is 20.5. The molecule has 1 unspecified atom stereocenters. The van der Waals surface area contributed by atoms with Crippen molar-refractivity contribution in [1.82, 2.24) is 0 Å². The van der Waals surface area contributed by atoms with Crippen LogP contribution in [0, 0.1) is 0 Å². The third-order valence-electron chi connectivity index (χ3n) is 4.62. The number of allylic oxidation sites excluding steroid dienone is 2. The second-order valence-electron chi connectivity index (χ2n) is 6.74. The minimum atomic E-state index is 0. The maximum atomic E-state index is 10.3. The highest BCUT2D eigenvalue weighted by molar-refractivity contribution is 5.78. The van der Waals surface area contributed by atoms with Crippen LogP contribution in [0.15, 0.2) is 42.5 Å². The van der Waals surface area contributed by atoms with Gasteiger partial charge in [0.1, 0.15) is 11.5 Å². The van der Waals surface area contributed by atoms with Gasteiger partial charge in [-0.3, -0.25) is 0 Å². The number of hydrogen-bond donors (Lipinski definition) is 2. The summed E-state index contributed by atoms with van der Waals surface area (Å²) < 4.78 is 0. The molecule has 1 aliphatic carbocycles. The molecule has 26 heavy (non-hydrogen) atoms. The van der Waals surface area contributed by atoms with Gasteiger partial charge >= 0.3 is 0 Å². The number of aromatic hydroxyl groups is 2. The maximum absolute atomic E-state index is 10.3. The summed E-state index contributed by atoms with van der Waals surface area (Å²) in [6, 6.07) is 11.5. The molecule has 0 saturated carbocycles. The highest BCUT2D eigenvalue weighted by atomic mass is 16.3. The summed E-state index contributed by atoms with van der Waals surface area (Å²) >= 11 is 0. The molecule has 0 spiro atoms. The normalized spacial score (nSPS) is 15.1. The van der Waals surface area contributed by atoms with Crippen molar-refractivity contribution in [2.75, 3.05) is 38.0 Å². The second kappa shape index (κ2) is 8.12. The molecule has 0 aliphatic heterocycles. The van der Waals surface area contributed by atoms with Crippen molar-refractivity contribution in [1.29, 1.82) is 0 Å². The molecule has 0 amide bonds. The minimum absolute atomic E-state index is 0. The summed E-state index contributed by atoms with van der Waals surface area (Å²) in [5.74, 6) is 0.830. The molecule has 6 nitrogen and oxygen atoms in total. The largest absolute Gasteiger partial charge is 0.508 e. The number of phenols is 2. The fraction of sp³-hybridized carbons (Fsp3) is 0.300. The van der Waals surface area contributed by atoms with Crippen molar-refractivity contribution in [3.63, 3.8) is 0 Å². The van der Waals surface area contributed by atoms with Crippen molar-refractivity contribution in [2.45, 2.75) is 12.3 Å². The molecule has 6 heteroatoms. The number of anilines is 2. The lowest BCUT2D eigenvalue weighted by molar-refractivity contribution is 0.464. The maximum Gasteiger partial charge on any atom is 0.125 e. The van der Waals surface area contributed by atoms with Crippen molar-refractivity contribution in [3.8, 4) is 11.5 Å². The fourth-order valence-electron chi connectivity index (χ4n) is 3.04.